The van der Waals surface area contributed by atoms with Gasteiger partial charge in [-0.25, -0.2) is 0 Å². The second-order valence-electron chi connectivity index (χ2n) is 7.80. The summed E-state index contributed by atoms with van der Waals surface area (Å²) in [5.74, 6) is -0.530. The van der Waals surface area contributed by atoms with Crippen molar-refractivity contribution in [2.45, 2.75) is 25.7 Å². The van der Waals surface area contributed by atoms with Crippen molar-refractivity contribution in [3.63, 3.8) is 0 Å². The van der Waals surface area contributed by atoms with Crippen molar-refractivity contribution >= 4 is 51.9 Å². The molecule has 2 aromatic carbocycles. The Morgan fingerprint density at radius 2 is 2.00 bits per heavy atom. The molecule has 0 aromatic heterocycles. The Morgan fingerprint density at radius 1 is 1.27 bits per heavy atom. The molecule has 0 bridgehead atoms. The van der Waals surface area contributed by atoms with Crippen LogP contribution >= 0.6 is 24.0 Å². The molecule has 2 amide bonds. The van der Waals surface area contributed by atoms with Crippen LogP contribution in [0.3, 0.4) is 0 Å². The third kappa shape index (κ3) is 9.24. The van der Waals surface area contributed by atoms with Crippen LogP contribution in [0.4, 0.5) is 5.69 Å². The Labute approximate surface area is 248 Å². The van der Waals surface area contributed by atoms with E-state index in [2.05, 4.69) is 16.1 Å². The molecule has 188 valence electrons. The molecule has 0 spiro atoms. The number of hydrogen-bond donors (Lipinski definition) is 0. The second-order valence-corrected chi connectivity index (χ2v) is 9.48. The standard InChI is InChI=1S/C25H26N5O4S2.Na/c1-33-23(34-2)9-6-14-29(16-19-7-4-3-5-8-19)22(31)17-30-24(32)21(36-25(30)35)15-18-10-12-20(13-11-18)27-28-26;/h3-5,7-8,10,12-13,15,23H,6,9,14,16-17H2,1-2H3;/q-1;+1. The van der Waals surface area contributed by atoms with Gasteiger partial charge < -0.3 is 14.4 Å². The van der Waals surface area contributed by atoms with Crippen molar-refractivity contribution in [3.05, 3.63) is 81.1 Å². The summed E-state index contributed by atoms with van der Waals surface area (Å²) in [5, 5.41) is 3.51. The van der Waals surface area contributed by atoms with E-state index in [1.54, 1.807) is 37.3 Å². The van der Waals surface area contributed by atoms with E-state index in [4.69, 9.17) is 27.2 Å². The fourth-order valence-electron chi connectivity index (χ4n) is 3.52. The maximum atomic E-state index is 13.3. The molecule has 1 heterocycles. The molecule has 0 atom stereocenters. The molecule has 0 radical (unpaired) electrons. The number of methoxy groups -OCH3 is 2. The van der Waals surface area contributed by atoms with Gasteiger partial charge in [-0.15, -0.1) is 41.0 Å². The third-order valence-electron chi connectivity index (χ3n) is 5.40. The number of thiocarbonyl (C=S) groups is 1. The predicted molar refractivity (Wildman–Crippen MR) is 143 cm³/mol. The van der Waals surface area contributed by atoms with E-state index >= 15 is 0 Å². The van der Waals surface area contributed by atoms with Gasteiger partial charge in [-0.05, 0) is 28.1 Å². The number of nitrogens with zero attached hydrogens (tertiary/aromatic N) is 5. The van der Waals surface area contributed by atoms with Crippen molar-refractivity contribution in [1.29, 1.82) is 0 Å². The van der Waals surface area contributed by atoms with Gasteiger partial charge in [-0.2, -0.15) is 0 Å². The van der Waals surface area contributed by atoms with Crippen LogP contribution in [-0.2, 0) is 25.6 Å². The molecule has 0 unspecified atom stereocenters. The minimum Gasteiger partial charge on any atom is -0.356 e. The fourth-order valence-corrected chi connectivity index (χ4v) is 4.77. The minimum absolute atomic E-state index is 0. The summed E-state index contributed by atoms with van der Waals surface area (Å²) < 4.78 is 10.8. The Morgan fingerprint density at radius 3 is 2.62 bits per heavy atom. The summed E-state index contributed by atoms with van der Waals surface area (Å²) in [5.41, 5.74) is 10.6. The molecule has 1 aliphatic heterocycles. The zero-order valence-corrected chi connectivity index (χ0v) is 24.6. The number of benzene rings is 2. The van der Waals surface area contributed by atoms with Gasteiger partial charge in [-0.1, -0.05) is 54.3 Å². The van der Waals surface area contributed by atoms with Crippen LogP contribution in [0.5, 0.6) is 0 Å². The summed E-state index contributed by atoms with van der Waals surface area (Å²) in [6.45, 7) is 0.752. The number of hydrogen-bond acceptors (Lipinski definition) is 7. The molecule has 12 heteroatoms. The Kier molecular flexibility index (Phi) is 13.3. The number of carbonyl (C=O) groups is 2. The van der Waals surface area contributed by atoms with Crippen LogP contribution in [0.25, 0.3) is 16.5 Å². The smallest absolute Gasteiger partial charge is 0.356 e. The number of rotatable bonds is 12. The average molecular weight is 548 g/mol. The van der Waals surface area contributed by atoms with Crippen LogP contribution in [0.2, 0.25) is 0 Å². The molecule has 3 rings (SSSR count). The van der Waals surface area contributed by atoms with Gasteiger partial charge in [0.25, 0.3) is 5.91 Å². The van der Waals surface area contributed by atoms with E-state index in [-0.39, 0.29) is 54.2 Å². The molecule has 0 saturated carbocycles. The number of thioether (sulfide) groups is 1. The molecule has 37 heavy (non-hydrogen) atoms. The molecule has 1 saturated heterocycles. The topological polar surface area (TPSA) is 108 Å². The number of azide groups is 1. The van der Waals surface area contributed by atoms with E-state index in [0.717, 1.165) is 17.3 Å². The monoisotopic (exact) mass is 547 g/mol. The normalized spacial score (nSPS) is 14.0. The molecule has 0 N–H and O–H groups in total. The van der Waals surface area contributed by atoms with Crippen molar-refractivity contribution in [2.75, 3.05) is 27.3 Å². The summed E-state index contributed by atoms with van der Waals surface area (Å²) in [6, 6.07) is 17.5. The number of amides is 2. The quantitative estimate of drug-likeness (QED) is 0.0589. The first-order chi connectivity index (χ1) is 17.4. The Balaban J connectivity index is 0.00000481. The van der Waals surface area contributed by atoms with Crippen LogP contribution < -0.4 is 29.6 Å². The van der Waals surface area contributed by atoms with Gasteiger partial charge in [0.15, 0.2) is 6.29 Å². The maximum absolute atomic E-state index is 13.3. The Hall–Kier alpha value is -2.21. The minimum atomic E-state index is -0.340. The predicted octanol–water partition coefficient (Wildman–Crippen LogP) is 2.06. The van der Waals surface area contributed by atoms with Crippen LogP contribution in [-0.4, -0.2) is 59.5 Å². The SMILES string of the molecule is COC(CCCN(Cc1ccccc1)C(=O)CN1C(=O)C(=Cc2[c-]cc(N=[N+]=[N-])cc2)SC1=S)OC.[Na+]. The van der Waals surface area contributed by atoms with Crippen LogP contribution in [0.15, 0.2) is 58.6 Å². The molecule has 1 aliphatic rings. The van der Waals surface area contributed by atoms with Gasteiger partial charge in [0.05, 0.1) is 0 Å². The summed E-state index contributed by atoms with van der Waals surface area (Å²) in [6.07, 6.45) is 2.61. The fraction of sp³-hybridized carbons (Fsp3) is 0.320. The zero-order valence-electron chi connectivity index (χ0n) is 21.0. The van der Waals surface area contributed by atoms with E-state index < -0.39 is 0 Å². The van der Waals surface area contributed by atoms with Crippen molar-refractivity contribution in [3.8, 4) is 0 Å². The van der Waals surface area contributed by atoms with E-state index in [9.17, 15) is 9.59 Å². The van der Waals surface area contributed by atoms with E-state index in [0.29, 0.717) is 46.4 Å². The molecule has 0 aliphatic carbocycles. The number of ether oxygens (including phenoxy) is 2. The summed E-state index contributed by atoms with van der Waals surface area (Å²) >= 11 is 6.55. The van der Waals surface area contributed by atoms with Gasteiger partial charge in [0.2, 0.25) is 5.91 Å². The molecular formula is C25H26N5NaO4S2. The molecule has 2 aromatic rings. The van der Waals surface area contributed by atoms with E-state index in [1.165, 1.54) is 11.0 Å². The average Bonchev–Trinajstić information content (AvgIpc) is 3.15. The van der Waals surface area contributed by atoms with Crippen molar-refractivity contribution in [1.82, 2.24) is 9.80 Å². The first-order valence-electron chi connectivity index (χ1n) is 11.1. The maximum Gasteiger partial charge on any atom is 1.00 e. The van der Waals surface area contributed by atoms with Crippen LogP contribution in [0.1, 0.15) is 24.0 Å². The van der Waals surface area contributed by atoms with Crippen molar-refractivity contribution in [2.24, 2.45) is 5.11 Å². The molecular weight excluding hydrogens is 521 g/mol. The molecule has 1 fully saturated rings. The molecule has 9 nitrogen and oxygen atoms in total. The van der Waals surface area contributed by atoms with Gasteiger partial charge >= 0.3 is 29.6 Å². The third-order valence-corrected chi connectivity index (χ3v) is 6.77. The first kappa shape index (κ1) is 31.0. The van der Waals surface area contributed by atoms with Gasteiger partial charge in [0.1, 0.15) is 10.9 Å². The zero-order chi connectivity index (χ0) is 25.9. The van der Waals surface area contributed by atoms with E-state index in [1.807, 2.05) is 30.3 Å². The summed E-state index contributed by atoms with van der Waals surface area (Å²) in [7, 11) is 3.16. The summed E-state index contributed by atoms with van der Waals surface area (Å²) in [4.78, 5) is 32.5. The van der Waals surface area contributed by atoms with Crippen molar-refractivity contribution < 1.29 is 48.6 Å². The van der Waals surface area contributed by atoms with Gasteiger partial charge in [-0.3, -0.25) is 14.5 Å². The van der Waals surface area contributed by atoms with Crippen LogP contribution in [0, 0.1) is 6.07 Å². The van der Waals surface area contributed by atoms with Gasteiger partial charge in [0, 0.05) is 38.6 Å². The number of carbonyl (C=O) groups excluding carboxylic acids is 2. The first-order valence-corrected chi connectivity index (χ1v) is 12.4. The Bertz CT molecular complexity index is 1150. The second kappa shape index (κ2) is 15.9. The largest absolute Gasteiger partial charge is 1.00 e.